The van der Waals surface area contributed by atoms with Gasteiger partial charge in [-0.1, -0.05) is 23.2 Å². The Morgan fingerprint density at radius 1 is 1.10 bits per heavy atom. The molecule has 21 heavy (non-hydrogen) atoms. The van der Waals surface area contributed by atoms with Crippen LogP contribution in [0.4, 0.5) is 11.5 Å². The van der Waals surface area contributed by atoms with E-state index in [1.165, 1.54) is 0 Å². The number of rotatable bonds is 3. The van der Waals surface area contributed by atoms with Crippen molar-refractivity contribution in [3.63, 3.8) is 0 Å². The van der Waals surface area contributed by atoms with Gasteiger partial charge in [0, 0.05) is 10.7 Å². The molecule has 1 aromatic carbocycles. The Kier molecular flexibility index (Phi) is 4.40. The van der Waals surface area contributed by atoms with Gasteiger partial charge in [0.25, 0.3) is 0 Å². The van der Waals surface area contributed by atoms with Crippen molar-refractivity contribution in [2.45, 2.75) is 20.8 Å². The maximum atomic E-state index is 11.4. The summed E-state index contributed by atoms with van der Waals surface area (Å²) >= 11 is 12.2. The molecule has 0 spiro atoms. The van der Waals surface area contributed by atoms with E-state index in [1.807, 2.05) is 6.92 Å². The number of benzene rings is 1. The lowest BCUT2D eigenvalue weighted by Gasteiger charge is -2.14. The van der Waals surface area contributed by atoms with Crippen molar-refractivity contribution in [3.05, 3.63) is 50.6 Å². The van der Waals surface area contributed by atoms with E-state index in [1.54, 1.807) is 32.0 Å². The topological polar surface area (TPSA) is 62.2 Å². The van der Waals surface area contributed by atoms with Crippen LogP contribution in [0.25, 0.3) is 0 Å². The zero-order valence-corrected chi connectivity index (χ0v) is 13.3. The summed E-state index contributed by atoms with van der Waals surface area (Å²) in [5, 5.41) is 13.3. The van der Waals surface area contributed by atoms with E-state index in [4.69, 9.17) is 23.2 Å². The van der Waals surface area contributed by atoms with Crippen molar-refractivity contribution in [3.8, 4) is 0 Å². The first kappa shape index (κ1) is 15.6. The third-order valence-corrected chi connectivity index (χ3v) is 3.78. The summed E-state index contributed by atoms with van der Waals surface area (Å²) in [4.78, 5) is 15.7. The standard InChI is InChI=1S/C15H14Cl2N2O2/c1-7-5-11(17)12(6-10(7)16)19-14-13(15(20)21)8(2)4-9(3)18-14/h4-6H,1-3H3,(H,18,19)(H,20,21). The van der Waals surface area contributed by atoms with E-state index in [9.17, 15) is 9.90 Å². The molecule has 0 saturated heterocycles. The van der Waals surface area contributed by atoms with Gasteiger partial charge in [-0.3, -0.25) is 0 Å². The number of carbonyl (C=O) groups is 1. The van der Waals surface area contributed by atoms with Crippen molar-refractivity contribution >= 4 is 40.7 Å². The van der Waals surface area contributed by atoms with Crippen LogP contribution in [0.15, 0.2) is 18.2 Å². The summed E-state index contributed by atoms with van der Waals surface area (Å²) in [5.41, 5.74) is 2.83. The summed E-state index contributed by atoms with van der Waals surface area (Å²) in [5.74, 6) is -0.793. The van der Waals surface area contributed by atoms with Crippen LogP contribution < -0.4 is 5.32 Å². The molecule has 0 atom stereocenters. The molecule has 0 bridgehead atoms. The first-order valence-corrected chi connectivity index (χ1v) is 6.99. The average molecular weight is 325 g/mol. The Bertz CT molecular complexity index is 730. The van der Waals surface area contributed by atoms with Gasteiger partial charge in [-0.25, -0.2) is 9.78 Å². The van der Waals surface area contributed by atoms with Crippen LogP contribution in [-0.2, 0) is 0 Å². The predicted molar refractivity (Wildman–Crippen MR) is 85.2 cm³/mol. The molecule has 1 aromatic heterocycles. The van der Waals surface area contributed by atoms with Crippen LogP contribution in [0, 0.1) is 20.8 Å². The molecule has 0 aliphatic heterocycles. The van der Waals surface area contributed by atoms with Gasteiger partial charge in [-0.2, -0.15) is 0 Å². The fourth-order valence-corrected chi connectivity index (χ4v) is 2.50. The molecule has 2 aromatic rings. The van der Waals surface area contributed by atoms with Gasteiger partial charge in [0.15, 0.2) is 0 Å². The third kappa shape index (κ3) is 3.28. The summed E-state index contributed by atoms with van der Waals surface area (Å²) in [7, 11) is 0. The molecule has 110 valence electrons. The highest BCUT2D eigenvalue weighted by Crippen LogP contribution is 2.32. The normalized spacial score (nSPS) is 10.5. The van der Waals surface area contributed by atoms with Crippen molar-refractivity contribution in [1.29, 1.82) is 0 Å². The zero-order valence-electron chi connectivity index (χ0n) is 11.8. The van der Waals surface area contributed by atoms with Gasteiger partial charge in [-0.05, 0) is 50.1 Å². The number of hydrogen-bond donors (Lipinski definition) is 2. The molecular weight excluding hydrogens is 311 g/mol. The predicted octanol–water partition coefficient (Wildman–Crippen LogP) is 4.76. The number of halogens is 2. The molecule has 4 nitrogen and oxygen atoms in total. The number of anilines is 2. The number of carboxylic acid groups (broad SMARTS) is 1. The maximum Gasteiger partial charge on any atom is 0.339 e. The molecule has 2 N–H and O–H groups in total. The van der Waals surface area contributed by atoms with E-state index in [0.717, 1.165) is 5.56 Å². The van der Waals surface area contributed by atoms with Gasteiger partial charge in [-0.15, -0.1) is 0 Å². The number of aryl methyl sites for hydroxylation is 3. The molecule has 0 aliphatic rings. The number of carboxylic acids is 1. The van der Waals surface area contributed by atoms with Crippen molar-refractivity contribution in [2.75, 3.05) is 5.32 Å². The molecule has 1 heterocycles. The minimum absolute atomic E-state index is 0.119. The zero-order chi connectivity index (χ0) is 15.7. The number of hydrogen-bond acceptors (Lipinski definition) is 3. The van der Waals surface area contributed by atoms with Gasteiger partial charge < -0.3 is 10.4 Å². The number of nitrogens with one attached hydrogen (secondary N) is 1. The molecular formula is C15H14Cl2N2O2. The van der Waals surface area contributed by atoms with E-state index in [-0.39, 0.29) is 11.4 Å². The molecule has 2 rings (SSSR count). The van der Waals surface area contributed by atoms with Gasteiger partial charge in [0.05, 0.1) is 10.7 Å². The fraction of sp³-hybridized carbons (Fsp3) is 0.200. The Labute approximate surface area is 132 Å². The highest BCUT2D eigenvalue weighted by molar-refractivity contribution is 6.35. The summed E-state index contributed by atoms with van der Waals surface area (Å²) in [6.07, 6.45) is 0. The molecule has 0 aliphatic carbocycles. The largest absolute Gasteiger partial charge is 0.478 e. The smallest absolute Gasteiger partial charge is 0.339 e. The Balaban J connectivity index is 2.54. The van der Waals surface area contributed by atoms with Crippen LogP contribution in [0.5, 0.6) is 0 Å². The third-order valence-electron chi connectivity index (χ3n) is 3.06. The summed E-state index contributed by atoms with van der Waals surface area (Å²) in [6.45, 7) is 5.37. The number of pyridine rings is 1. The fourth-order valence-electron chi connectivity index (χ4n) is 2.07. The highest BCUT2D eigenvalue weighted by atomic mass is 35.5. The Hall–Kier alpha value is -1.78. The second-order valence-corrected chi connectivity index (χ2v) is 5.63. The number of aromatic carboxylic acids is 1. The second kappa shape index (κ2) is 5.92. The first-order valence-electron chi connectivity index (χ1n) is 6.23. The average Bonchev–Trinajstić information content (AvgIpc) is 2.34. The van der Waals surface area contributed by atoms with Crippen LogP contribution in [0.1, 0.15) is 27.2 Å². The van der Waals surface area contributed by atoms with E-state index in [0.29, 0.717) is 27.0 Å². The van der Waals surface area contributed by atoms with Crippen LogP contribution in [0.2, 0.25) is 10.0 Å². The van der Waals surface area contributed by atoms with Crippen molar-refractivity contribution in [2.24, 2.45) is 0 Å². The summed E-state index contributed by atoms with van der Waals surface area (Å²) in [6, 6.07) is 5.10. The highest BCUT2D eigenvalue weighted by Gasteiger charge is 2.17. The molecule has 0 radical (unpaired) electrons. The van der Waals surface area contributed by atoms with Gasteiger partial charge in [0.1, 0.15) is 11.4 Å². The second-order valence-electron chi connectivity index (χ2n) is 4.82. The van der Waals surface area contributed by atoms with E-state index >= 15 is 0 Å². The minimum Gasteiger partial charge on any atom is -0.478 e. The SMILES string of the molecule is Cc1cc(C)c(C(=O)O)c(Nc2cc(Cl)c(C)cc2Cl)n1. The van der Waals surface area contributed by atoms with Crippen LogP contribution in [-0.4, -0.2) is 16.1 Å². The molecule has 0 unspecified atom stereocenters. The van der Waals surface area contributed by atoms with E-state index < -0.39 is 5.97 Å². The van der Waals surface area contributed by atoms with E-state index in [2.05, 4.69) is 10.3 Å². The Morgan fingerprint density at radius 3 is 2.38 bits per heavy atom. The number of aromatic nitrogens is 1. The number of nitrogens with zero attached hydrogens (tertiary/aromatic N) is 1. The van der Waals surface area contributed by atoms with Gasteiger partial charge >= 0.3 is 5.97 Å². The maximum absolute atomic E-state index is 11.4. The lowest BCUT2D eigenvalue weighted by Crippen LogP contribution is -2.08. The Morgan fingerprint density at radius 2 is 1.76 bits per heavy atom. The van der Waals surface area contributed by atoms with Crippen molar-refractivity contribution in [1.82, 2.24) is 4.98 Å². The summed E-state index contributed by atoms with van der Waals surface area (Å²) < 4.78 is 0. The lowest BCUT2D eigenvalue weighted by molar-refractivity contribution is 0.0697. The minimum atomic E-state index is -1.04. The van der Waals surface area contributed by atoms with Gasteiger partial charge in [0.2, 0.25) is 0 Å². The van der Waals surface area contributed by atoms with Crippen molar-refractivity contribution < 1.29 is 9.90 Å². The van der Waals surface area contributed by atoms with Crippen LogP contribution >= 0.6 is 23.2 Å². The van der Waals surface area contributed by atoms with Crippen LogP contribution in [0.3, 0.4) is 0 Å². The molecule has 0 amide bonds. The molecule has 0 fully saturated rings. The quantitative estimate of drug-likeness (QED) is 0.854. The molecule has 0 saturated carbocycles. The molecule has 6 heteroatoms. The first-order chi connectivity index (χ1) is 9.79. The monoisotopic (exact) mass is 324 g/mol. The lowest BCUT2D eigenvalue weighted by atomic mass is 10.1.